The van der Waals surface area contributed by atoms with Crippen LogP contribution in [0.2, 0.25) is 5.02 Å². The number of halogens is 1. The standard InChI is InChI=1S/C22H29ClN4O4S/c1-5-20(22(29)24-2)26(15-17-11-9-10-14-19(17)23)21(28)16-27(32(30,31)25(3)4)18-12-7-6-8-13-18/h6-14,20H,5,15-16H2,1-4H3,(H,24,29). The molecule has 0 bridgehead atoms. The number of rotatable bonds is 10. The Balaban J connectivity index is 2.48. The molecule has 0 fully saturated rings. The molecule has 2 rings (SSSR count). The number of carbonyl (C=O) groups is 2. The van der Waals surface area contributed by atoms with Crippen molar-refractivity contribution in [2.24, 2.45) is 0 Å². The molecule has 0 aliphatic rings. The lowest BCUT2D eigenvalue weighted by atomic mass is 10.1. The first-order valence-electron chi connectivity index (χ1n) is 10.1. The van der Waals surface area contributed by atoms with Crippen molar-refractivity contribution in [2.45, 2.75) is 25.9 Å². The Morgan fingerprint density at radius 1 is 1.03 bits per heavy atom. The number of anilines is 1. The molecule has 2 aromatic rings. The predicted molar refractivity (Wildman–Crippen MR) is 127 cm³/mol. The summed E-state index contributed by atoms with van der Waals surface area (Å²) in [5.41, 5.74) is 1.01. The second-order valence-electron chi connectivity index (χ2n) is 7.28. The summed E-state index contributed by atoms with van der Waals surface area (Å²) in [4.78, 5) is 27.4. The minimum atomic E-state index is -3.97. The van der Waals surface area contributed by atoms with E-state index in [2.05, 4.69) is 5.32 Å². The van der Waals surface area contributed by atoms with Gasteiger partial charge in [0.05, 0.1) is 5.69 Å². The number of para-hydroxylation sites is 1. The van der Waals surface area contributed by atoms with Gasteiger partial charge in [-0.15, -0.1) is 0 Å². The molecule has 0 radical (unpaired) electrons. The Labute approximate surface area is 194 Å². The summed E-state index contributed by atoms with van der Waals surface area (Å²) >= 11 is 6.30. The van der Waals surface area contributed by atoms with Crippen LogP contribution in [0.5, 0.6) is 0 Å². The van der Waals surface area contributed by atoms with E-state index < -0.39 is 28.7 Å². The normalized spacial score (nSPS) is 12.3. The van der Waals surface area contributed by atoms with Gasteiger partial charge in [0.1, 0.15) is 12.6 Å². The van der Waals surface area contributed by atoms with Crippen LogP contribution in [-0.4, -0.2) is 63.2 Å². The van der Waals surface area contributed by atoms with Gasteiger partial charge in [-0.1, -0.05) is 54.9 Å². The number of amides is 2. The van der Waals surface area contributed by atoms with E-state index in [1.807, 2.05) is 0 Å². The first kappa shape index (κ1) is 25.6. The Kier molecular flexibility index (Phi) is 9.06. The number of nitrogens with zero attached hydrogens (tertiary/aromatic N) is 3. The van der Waals surface area contributed by atoms with Gasteiger partial charge in [-0.25, -0.2) is 4.31 Å². The fourth-order valence-corrected chi connectivity index (χ4v) is 4.46. The lowest BCUT2D eigenvalue weighted by Gasteiger charge is -2.33. The van der Waals surface area contributed by atoms with Gasteiger partial charge in [0.25, 0.3) is 0 Å². The lowest BCUT2D eigenvalue weighted by molar-refractivity contribution is -0.140. The largest absolute Gasteiger partial charge is 0.357 e. The second kappa shape index (κ2) is 11.3. The maximum atomic E-state index is 13.5. The predicted octanol–water partition coefficient (Wildman–Crippen LogP) is 2.51. The Morgan fingerprint density at radius 3 is 2.16 bits per heavy atom. The molecule has 1 atom stereocenters. The Hall–Kier alpha value is -2.62. The van der Waals surface area contributed by atoms with Crippen LogP contribution in [0.3, 0.4) is 0 Å². The molecule has 1 N–H and O–H groups in total. The van der Waals surface area contributed by atoms with Crippen LogP contribution in [0.15, 0.2) is 54.6 Å². The second-order valence-corrected chi connectivity index (χ2v) is 9.76. The smallest absolute Gasteiger partial charge is 0.304 e. The zero-order valence-corrected chi connectivity index (χ0v) is 20.2. The van der Waals surface area contributed by atoms with Crippen molar-refractivity contribution in [1.29, 1.82) is 0 Å². The quantitative estimate of drug-likeness (QED) is 0.565. The van der Waals surface area contributed by atoms with Crippen molar-refractivity contribution in [1.82, 2.24) is 14.5 Å². The third kappa shape index (κ3) is 5.99. The van der Waals surface area contributed by atoms with Crippen LogP contribution < -0.4 is 9.62 Å². The number of carbonyl (C=O) groups excluding carboxylic acids is 2. The van der Waals surface area contributed by atoms with Crippen LogP contribution in [0.4, 0.5) is 5.69 Å². The van der Waals surface area contributed by atoms with Crippen molar-refractivity contribution in [3.05, 3.63) is 65.2 Å². The summed E-state index contributed by atoms with van der Waals surface area (Å²) < 4.78 is 28.1. The van der Waals surface area contributed by atoms with E-state index in [-0.39, 0.29) is 12.5 Å². The number of benzene rings is 2. The van der Waals surface area contributed by atoms with Gasteiger partial charge in [-0.2, -0.15) is 12.7 Å². The van der Waals surface area contributed by atoms with E-state index in [0.29, 0.717) is 22.7 Å². The fourth-order valence-electron chi connectivity index (χ4n) is 3.21. The first-order valence-corrected chi connectivity index (χ1v) is 11.9. The zero-order chi connectivity index (χ0) is 23.9. The van der Waals surface area contributed by atoms with E-state index in [1.54, 1.807) is 61.5 Å². The van der Waals surface area contributed by atoms with E-state index in [9.17, 15) is 18.0 Å². The minimum Gasteiger partial charge on any atom is -0.357 e. The van der Waals surface area contributed by atoms with Gasteiger partial charge in [0, 0.05) is 32.7 Å². The molecule has 2 amide bonds. The van der Waals surface area contributed by atoms with Crippen LogP contribution in [0.25, 0.3) is 0 Å². The molecule has 0 aliphatic carbocycles. The lowest BCUT2D eigenvalue weighted by Crippen LogP contribution is -2.52. The minimum absolute atomic E-state index is 0.0646. The van der Waals surface area contributed by atoms with Crippen LogP contribution in [0, 0.1) is 0 Å². The van der Waals surface area contributed by atoms with Crippen molar-refractivity contribution in [3.63, 3.8) is 0 Å². The highest BCUT2D eigenvalue weighted by Crippen LogP contribution is 2.23. The number of hydrogen-bond donors (Lipinski definition) is 1. The van der Waals surface area contributed by atoms with E-state index in [4.69, 9.17) is 11.6 Å². The molecule has 0 spiro atoms. The summed E-state index contributed by atoms with van der Waals surface area (Å²) in [5.74, 6) is -0.857. The van der Waals surface area contributed by atoms with Gasteiger partial charge in [-0.3, -0.25) is 9.59 Å². The highest BCUT2D eigenvalue weighted by molar-refractivity contribution is 7.90. The third-order valence-electron chi connectivity index (χ3n) is 4.99. The van der Waals surface area contributed by atoms with Gasteiger partial charge in [0.15, 0.2) is 0 Å². The molecule has 0 aromatic heterocycles. The average Bonchev–Trinajstić information content (AvgIpc) is 2.78. The topological polar surface area (TPSA) is 90.0 Å². The van der Waals surface area contributed by atoms with Crippen molar-refractivity contribution in [3.8, 4) is 0 Å². The monoisotopic (exact) mass is 480 g/mol. The first-order chi connectivity index (χ1) is 15.1. The van der Waals surface area contributed by atoms with Crippen molar-refractivity contribution < 1.29 is 18.0 Å². The average molecular weight is 481 g/mol. The molecule has 32 heavy (non-hydrogen) atoms. The summed E-state index contributed by atoms with van der Waals surface area (Å²) in [6.07, 6.45) is 0.349. The van der Waals surface area contributed by atoms with E-state index >= 15 is 0 Å². The van der Waals surface area contributed by atoms with Gasteiger partial charge in [-0.05, 0) is 30.2 Å². The van der Waals surface area contributed by atoms with Crippen LogP contribution >= 0.6 is 11.6 Å². The molecule has 10 heteroatoms. The van der Waals surface area contributed by atoms with E-state index in [0.717, 1.165) is 8.61 Å². The van der Waals surface area contributed by atoms with Crippen molar-refractivity contribution >= 4 is 39.3 Å². The van der Waals surface area contributed by atoms with Gasteiger partial charge >= 0.3 is 10.2 Å². The van der Waals surface area contributed by atoms with Gasteiger partial charge < -0.3 is 10.2 Å². The van der Waals surface area contributed by atoms with Gasteiger partial charge in [0.2, 0.25) is 11.8 Å². The maximum Gasteiger partial charge on any atom is 0.304 e. The van der Waals surface area contributed by atoms with Crippen molar-refractivity contribution in [2.75, 3.05) is 32.0 Å². The maximum absolute atomic E-state index is 13.5. The molecule has 1 unspecified atom stereocenters. The fraction of sp³-hybridized carbons (Fsp3) is 0.364. The zero-order valence-electron chi connectivity index (χ0n) is 18.7. The molecular formula is C22H29ClN4O4S. The summed E-state index contributed by atoms with van der Waals surface area (Å²) in [5, 5.41) is 3.04. The Morgan fingerprint density at radius 2 is 1.62 bits per heavy atom. The molecule has 0 saturated carbocycles. The molecule has 0 heterocycles. The summed E-state index contributed by atoms with van der Waals surface area (Å²) in [6, 6.07) is 14.6. The Bertz CT molecular complexity index is 1030. The SMILES string of the molecule is CCC(C(=O)NC)N(Cc1ccccc1Cl)C(=O)CN(c1ccccc1)S(=O)(=O)N(C)C. The molecule has 8 nitrogen and oxygen atoms in total. The summed E-state index contributed by atoms with van der Waals surface area (Å²) in [6.45, 7) is 1.38. The third-order valence-corrected chi connectivity index (χ3v) is 7.18. The molecule has 2 aromatic carbocycles. The van der Waals surface area contributed by atoms with Crippen LogP contribution in [0.1, 0.15) is 18.9 Å². The van der Waals surface area contributed by atoms with E-state index in [1.165, 1.54) is 26.0 Å². The highest BCUT2D eigenvalue weighted by Gasteiger charge is 2.33. The van der Waals surface area contributed by atoms with Crippen LogP contribution in [-0.2, 0) is 26.3 Å². The number of likely N-dealkylation sites (N-methyl/N-ethyl adjacent to an activating group) is 1. The number of hydrogen-bond acceptors (Lipinski definition) is 4. The molecule has 174 valence electrons. The molecule has 0 saturated heterocycles. The highest BCUT2D eigenvalue weighted by atomic mass is 35.5. The molecule has 0 aliphatic heterocycles. The number of nitrogens with one attached hydrogen (secondary N) is 1. The molecular weight excluding hydrogens is 452 g/mol. The summed E-state index contributed by atoms with van der Waals surface area (Å²) in [7, 11) is 0.328.